The first-order valence-corrected chi connectivity index (χ1v) is 7.31. The van der Waals surface area contributed by atoms with E-state index < -0.39 is 16.2 Å². The summed E-state index contributed by atoms with van der Waals surface area (Å²) in [6, 6.07) is 0. The predicted octanol–water partition coefficient (Wildman–Crippen LogP) is -1.92. The van der Waals surface area contributed by atoms with Gasteiger partial charge in [-0.1, -0.05) is 0 Å². The first-order valence-electron chi connectivity index (χ1n) is 2.17. The minimum atomic E-state index is -1.91. The van der Waals surface area contributed by atoms with Crippen molar-refractivity contribution < 1.29 is 15.3 Å². The fourth-order valence-electron chi connectivity index (χ4n) is 0.173. The molecule has 0 heterocycles. The summed E-state index contributed by atoms with van der Waals surface area (Å²) in [5, 5.41) is 25.0. The van der Waals surface area contributed by atoms with E-state index in [1.54, 1.807) is 0 Å². The van der Waals surface area contributed by atoms with E-state index in [9.17, 15) is 0 Å². The Kier molecular flexibility index (Phi) is 5.01. The molecular formula is C3H9GaO3. The molecule has 0 aromatic carbocycles. The van der Waals surface area contributed by atoms with Crippen molar-refractivity contribution in [2.75, 3.05) is 15.5 Å². The van der Waals surface area contributed by atoms with Gasteiger partial charge in [-0.3, -0.25) is 0 Å². The van der Waals surface area contributed by atoms with Crippen LogP contribution in [0.1, 0.15) is 0 Å². The van der Waals surface area contributed by atoms with Crippen LogP contribution in [0.25, 0.3) is 0 Å². The van der Waals surface area contributed by atoms with Crippen molar-refractivity contribution >= 4 is 16.2 Å². The van der Waals surface area contributed by atoms with Crippen molar-refractivity contribution in [3.8, 4) is 0 Å². The quantitative estimate of drug-likeness (QED) is 0.424. The standard InChI is InChI=1S/3CH3O.Ga/c3*1-2;/h3*2H,1H2;. The van der Waals surface area contributed by atoms with Gasteiger partial charge in [-0.15, -0.1) is 0 Å². The first-order chi connectivity index (χ1) is 3.35. The van der Waals surface area contributed by atoms with Crippen molar-refractivity contribution in [2.24, 2.45) is 0 Å². The van der Waals surface area contributed by atoms with E-state index in [2.05, 4.69) is 0 Å². The van der Waals surface area contributed by atoms with E-state index in [-0.39, 0.29) is 15.5 Å². The minimum absolute atomic E-state index is 0.0417. The Hall–Kier alpha value is 0.516. The summed E-state index contributed by atoms with van der Waals surface area (Å²) in [4.78, 5) is 0. The third-order valence-corrected chi connectivity index (χ3v) is 4.02. The van der Waals surface area contributed by atoms with Crippen LogP contribution in [0.4, 0.5) is 0 Å². The molecule has 0 rings (SSSR count). The molecular weight excluding hydrogens is 154 g/mol. The Morgan fingerprint density at radius 1 is 0.857 bits per heavy atom. The molecule has 0 atom stereocenters. The van der Waals surface area contributed by atoms with Crippen molar-refractivity contribution in [1.82, 2.24) is 0 Å². The predicted molar refractivity (Wildman–Crippen MR) is 27.0 cm³/mol. The molecule has 0 amide bonds. The molecule has 4 heteroatoms. The summed E-state index contributed by atoms with van der Waals surface area (Å²) in [6.07, 6.45) is 0. The van der Waals surface area contributed by atoms with Crippen molar-refractivity contribution in [3.63, 3.8) is 0 Å². The molecule has 0 aliphatic heterocycles. The van der Waals surface area contributed by atoms with E-state index in [0.29, 0.717) is 0 Å². The molecule has 3 N–H and O–H groups in total. The second-order valence-electron chi connectivity index (χ2n) is 1.41. The number of hydrogen-bond acceptors (Lipinski definition) is 3. The van der Waals surface area contributed by atoms with Crippen LogP contribution in [-0.4, -0.2) is 47.0 Å². The van der Waals surface area contributed by atoms with Crippen LogP contribution in [0.2, 0.25) is 0 Å². The summed E-state index contributed by atoms with van der Waals surface area (Å²) in [5.41, 5.74) is 0. The van der Waals surface area contributed by atoms with Crippen LogP contribution >= 0.6 is 0 Å². The number of aliphatic hydroxyl groups excluding tert-OH is 3. The molecule has 3 nitrogen and oxygen atoms in total. The Labute approximate surface area is 47.6 Å². The number of rotatable bonds is 3. The molecule has 0 bridgehead atoms. The van der Waals surface area contributed by atoms with E-state index in [4.69, 9.17) is 15.3 Å². The van der Waals surface area contributed by atoms with Gasteiger partial charge in [0.2, 0.25) is 0 Å². The molecule has 0 saturated heterocycles. The second-order valence-corrected chi connectivity index (χ2v) is 7.35. The van der Waals surface area contributed by atoms with Gasteiger partial charge in [0, 0.05) is 0 Å². The van der Waals surface area contributed by atoms with Crippen LogP contribution in [0.3, 0.4) is 0 Å². The van der Waals surface area contributed by atoms with Gasteiger partial charge < -0.3 is 0 Å². The maximum atomic E-state index is 8.29. The van der Waals surface area contributed by atoms with Gasteiger partial charge >= 0.3 is 47.0 Å². The van der Waals surface area contributed by atoms with Gasteiger partial charge in [-0.25, -0.2) is 0 Å². The van der Waals surface area contributed by atoms with Crippen LogP contribution in [0, 0.1) is 0 Å². The maximum absolute atomic E-state index is 8.29. The summed E-state index contributed by atoms with van der Waals surface area (Å²) >= 11 is -1.91. The molecule has 42 valence electrons. The van der Waals surface area contributed by atoms with E-state index in [1.165, 1.54) is 0 Å². The molecule has 0 aromatic rings. The molecule has 0 aromatic heterocycles. The Balaban J connectivity index is 2.99. The average molecular weight is 163 g/mol. The molecule has 0 aliphatic carbocycles. The SMILES string of the molecule is O[CH2][Ga]([CH2]O)[CH2]O. The zero-order valence-corrected chi connectivity index (χ0v) is 6.46. The topological polar surface area (TPSA) is 60.7 Å². The van der Waals surface area contributed by atoms with Crippen LogP contribution < -0.4 is 0 Å². The van der Waals surface area contributed by atoms with Gasteiger partial charge in [-0.05, 0) is 0 Å². The molecule has 0 spiro atoms. The third kappa shape index (κ3) is 3.13. The molecule has 0 unspecified atom stereocenters. The Bertz CT molecular complexity index is 31.7. The Morgan fingerprint density at radius 2 is 1.14 bits per heavy atom. The molecule has 0 radical (unpaired) electrons. The molecule has 0 saturated carbocycles. The second kappa shape index (κ2) is 4.67. The summed E-state index contributed by atoms with van der Waals surface area (Å²) < 4.78 is 0. The summed E-state index contributed by atoms with van der Waals surface area (Å²) in [5.74, 6) is 0. The van der Waals surface area contributed by atoms with Crippen LogP contribution in [0.5, 0.6) is 0 Å². The van der Waals surface area contributed by atoms with Crippen molar-refractivity contribution in [1.29, 1.82) is 0 Å². The summed E-state index contributed by atoms with van der Waals surface area (Å²) in [7, 11) is 0. The average Bonchev–Trinajstić information content (AvgIpc) is 1.72. The van der Waals surface area contributed by atoms with E-state index in [1.807, 2.05) is 0 Å². The van der Waals surface area contributed by atoms with Gasteiger partial charge in [0.1, 0.15) is 0 Å². The van der Waals surface area contributed by atoms with E-state index in [0.717, 1.165) is 0 Å². The van der Waals surface area contributed by atoms with Crippen molar-refractivity contribution in [2.45, 2.75) is 0 Å². The first kappa shape index (κ1) is 7.52. The van der Waals surface area contributed by atoms with Gasteiger partial charge in [0.05, 0.1) is 0 Å². The monoisotopic (exact) mass is 162 g/mol. The molecule has 7 heavy (non-hydrogen) atoms. The fourth-order valence-corrected chi connectivity index (χ4v) is 0.900. The Morgan fingerprint density at radius 3 is 1.14 bits per heavy atom. The third-order valence-electron chi connectivity index (χ3n) is 0.775. The van der Waals surface area contributed by atoms with Gasteiger partial charge in [0.25, 0.3) is 0 Å². The fraction of sp³-hybridized carbons (Fsp3) is 1.00. The molecule has 0 fully saturated rings. The number of aliphatic hydroxyl groups is 3. The number of hydrogen-bond donors (Lipinski definition) is 3. The van der Waals surface area contributed by atoms with E-state index >= 15 is 0 Å². The zero-order valence-electron chi connectivity index (χ0n) is 4.04. The van der Waals surface area contributed by atoms with Crippen LogP contribution in [0.15, 0.2) is 0 Å². The van der Waals surface area contributed by atoms with Gasteiger partial charge in [-0.2, -0.15) is 0 Å². The van der Waals surface area contributed by atoms with Gasteiger partial charge in [0.15, 0.2) is 0 Å². The van der Waals surface area contributed by atoms with Crippen molar-refractivity contribution in [3.05, 3.63) is 0 Å². The van der Waals surface area contributed by atoms with Crippen LogP contribution in [-0.2, 0) is 0 Å². The summed E-state index contributed by atoms with van der Waals surface area (Å²) in [6.45, 7) is 0. The zero-order chi connectivity index (χ0) is 5.70. The normalized spacial score (nSPS) is 9.00. The molecule has 0 aliphatic rings.